The van der Waals surface area contributed by atoms with Crippen LogP contribution >= 0.6 is 0 Å². The molecule has 1 aliphatic rings. The van der Waals surface area contributed by atoms with Crippen molar-refractivity contribution in [1.29, 1.82) is 0 Å². The predicted octanol–water partition coefficient (Wildman–Crippen LogP) is 2.08. The Morgan fingerprint density at radius 3 is 2.73 bits per heavy atom. The van der Waals surface area contributed by atoms with Gasteiger partial charge in [-0.3, -0.25) is 4.84 Å². The SMILES string of the molecule is Nc1ccc(F)c(F)c1N1CCCCO1. The molecule has 1 fully saturated rings. The summed E-state index contributed by atoms with van der Waals surface area (Å²) in [6.45, 7) is 1.04. The quantitative estimate of drug-likeness (QED) is 0.727. The highest BCUT2D eigenvalue weighted by Gasteiger charge is 2.21. The van der Waals surface area contributed by atoms with Crippen LogP contribution in [0.5, 0.6) is 0 Å². The van der Waals surface area contributed by atoms with Gasteiger partial charge in [0.25, 0.3) is 0 Å². The van der Waals surface area contributed by atoms with E-state index in [1.54, 1.807) is 0 Å². The van der Waals surface area contributed by atoms with Crippen molar-refractivity contribution in [3.8, 4) is 0 Å². The second kappa shape index (κ2) is 4.02. The molecule has 0 saturated carbocycles. The van der Waals surface area contributed by atoms with Crippen molar-refractivity contribution in [1.82, 2.24) is 0 Å². The molecule has 1 aliphatic heterocycles. The van der Waals surface area contributed by atoms with Crippen LogP contribution in [0.15, 0.2) is 12.1 Å². The van der Waals surface area contributed by atoms with Crippen molar-refractivity contribution in [3.63, 3.8) is 0 Å². The third kappa shape index (κ3) is 1.87. The molecular formula is C10H12F2N2O. The van der Waals surface area contributed by atoms with Crippen molar-refractivity contribution in [2.75, 3.05) is 23.9 Å². The van der Waals surface area contributed by atoms with Crippen molar-refractivity contribution < 1.29 is 13.6 Å². The van der Waals surface area contributed by atoms with Gasteiger partial charge < -0.3 is 5.73 Å². The van der Waals surface area contributed by atoms with Gasteiger partial charge in [0.1, 0.15) is 5.69 Å². The molecule has 1 aromatic carbocycles. The van der Waals surface area contributed by atoms with Gasteiger partial charge in [-0.1, -0.05) is 0 Å². The third-order valence-corrected chi connectivity index (χ3v) is 2.35. The first-order chi connectivity index (χ1) is 7.20. The van der Waals surface area contributed by atoms with Crippen molar-refractivity contribution in [2.24, 2.45) is 0 Å². The predicted molar refractivity (Wildman–Crippen MR) is 53.3 cm³/mol. The Bertz CT molecular complexity index is 365. The van der Waals surface area contributed by atoms with Crippen LogP contribution in [-0.2, 0) is 4.84 Å². The zero-order chi connectivity index (χ0) is 10.8. The average molecular weight is 214 g/mol. The minimum atomic E-state index is -0.947. The summed E-state index contributed by atoms with van der Waals surface area (Å²) in [5, 5.41) is 1.33. The Hall–Kier alpha value is -1.36. The molecule has 2 rings (SSSR count). The zero-order valence-electron chi connectivity index (χ0n) is 8.17. The number of halogens is 2. The Morgan fingerprint density at radius 2 is 2.07 bits per heavy atom. The summed E-state index contributed by atoms with van der Waals surface area (Å²) in [6.07, 6.45) is 1.81. The fourth-order valence-electron chi connectivity index (χ4n) is 1.58. The van der Waals surface area contributed by atoms with Crippen LogP contribution < -0.4 is 10.8 Å². The summed E-state index contributed by atoms with van der Waals surface area (Å²) in [4.78, 5) is 5.23. The number of nitrogen functional groups attached to an aromatic ring is 1. The van der Waals surface area contributed by atoms with Crippen LogP contribution in [0.2, 0.25) is 0 Å². The first-order valence-electron chi connectivity index (χ1n) is 4.84. The summed E-state index contributed by atoms with van der Waals surface area (Å²) in [5.41, 5.74) is 5.79. The molecule has 0 spiro atoms. The van der Waals surface area contributed by atoms with Crippen LogP contribution in [0.25, 0.3) is 0 Å². The molecular weight excluding hydrogens is 202 g/mol. The molecule has 0 aliphatic carbocycles. The normalized spacial score (nSPS) is 16.8. The van der Waals surface area contributed by atoms with E-state index < -0.39 is 11.6 Å². The highest BCUT2D eigenvalue weighted by molar-refractivity contribution is 5.67. The van der Waals surface area contributed by atoms with Crippen LogP contribution in [0.4, 0.5) is 20.2 Å². The fraction of sp³-hybridized carbons (Fsp3) is 0.400. The van der Waals surface area contributed by atoms with E-state index in [-0.39, 0.29) is 11.4 Å². The number of rotatable bonds is 1. The molecule has 2 N–H and O–H groups in total. The molecule has 0 radical (unpaired) electrons. The van der Waals surface area contributed by atoms with Crippen molar-refractivity contribution in [3.05, 3.63) is 23.8 Å². The number of hydrogen-bond donors (Lipinski definition) is 1. The first-order valence-corrected chi connectivity index (χ1v) is 4.84. The lowest BCUT2D eigenvalue weighted by molar-refractivity contribution is 0.0764. The van der Waals surface area contributed by atoms with Gasteiger partial charge in [-0.05, 0) is 25.0 Å². The smallest absolute Gasteiger partial charge is 0.186 e. The van der Waals surface area contributed by atoms with Gasteiger partial charge >= 0.3 is 0 Å². The summed E-state index contributed by atoms with van der Waals surface area (Å²) < 4.78 is 26.5. The lowest BCUT2D eigenvalue weighted by Crippen LogP contribution is -2.31. The van der Waals surface area contributed by atoms with Gasteiger partial charge in [-0.2, -0.15) is 0 Å². The lowest BCUT2D eigenvalue weighted by Gasteiger charge is -2.29. The maximum atomic E-state index is 13.5. The van der Waals surface area contributed by atoms with Crippen molar-refractivity contribution in [2.45, 2.75) is 12.8 Å². The maximum Gasteiger partial charge on any atom is 0.186 e. The summed E-state index contributed by atoms with van der Waals surface area (Å²) >= 11 is 0. The average Bonchev–Trinajstić information content (AvgIpc) is 2.26. The number of nitrogens with zero attached hydrogens (tertiary/aromatic N) is 1. The summed E-state index contributed by atoms with van der Waals surface area (Å²) in [5.74, 6) is -1.86. The molecule has 3 nitrogen and oxygen atoms in total. The van der Waals surface area contributed by atoms with Crippen LogP contribution in [0.3, 0.4) is 0 Å². The number of hydroxylamine groups is 1. The van der Waals surface area contributed by atoms with E-state index in [1.807, 2.05) is 0 Å². The van der Waals surface area contributed by atoms with Gasteiger partial charge in [-0.25, -0.2) is 13.8 Å². The molecule has 5 heteroatoms. The molecule has 1 aromatic rings. The number of hydrogen-bond acceptors (Lipinski definition) is 3. The van der Waals surface area contributed by atoms with E-state index in [0.29, 0.717) is 13.2 Å². The van der Waals surface area contributed by atoms with Gasteiger partial charge in [-0.15, -0.1) is 0 Å². The van der Waals surface area contributed by atoms with E-state index in [2.05, 4.69) is 0 Å². The van der Waals surface area contributed by atoms with E-state index >= 15 is 0 Å². The van der Waals surface area contributed by atoms with Crippen LogP contribution in [0.1, 0.15) is 12.8 Å². The van der Waals surface area contributed by atoms with Gasteiger partial charge in [0.2, 0.25) is 0 Å². The standard InChI is InChI=1S/C10H12F2N2O/c11-7-3-4-8(13)10(9(7)12)14-5-1-2-6-15-14/h3-4H,1-2,5-6,13H2. The molecule has 0 aromatic heterocycles. The lowest BCUT2D eigenvalue weighted by atomic mass is 10.2. The third-order valence-electron chi connectivity index (χ3n) is 2.35. The minimum absolute atomic E-state index is 0.00898. The number of nitrogens with two attached hydrogens (primary N) is 1. The second-order valence-electron chi connectivity index (χ2n) is 3.44. The molecule has 1 heterocycles. The highest BCUT2D eigenvalue weighted by Crippen LogP contribution is 2.30. The molecule has 0 bridgehead atoms. The van der Waals surface area contributed by atoms with Gasteiger partial charge in [0.15, 0.2) is 11.6 Å². The van der Waals surface area contributed by atoms with E-state index in [1.165, 1.54) is 11.1 Å². The second-order valence-corrected chi connectivity index (χ2v) is 3.44. The topological polar surface area (TPSA) is 38.5 Å². The Labute approximate surface area is 86.4 Å². The molecule has 0 amide bonds. The minimum Gasteiger partial charge on any atom is -0.397 e. The molecule has 0 unspecified atom stereocenters. The summed E-state index contributed by atoms with van der Waals surface area (Å²) in [6, 6.07) is 2.35. The summed E-state index contributed by atoms with van der Waals surface area (Å²) in [7, 11) is 0. The van der Waals surface area contributed by atoms with E-state index in [9.17, 15) is 8.78 Å². The van der Waals surface area contributed by atoms with Crippen LogP contribution in [0, 0.1) is 11.6 Å². The zero-order valence-corrected chi connectivity index (χ0v) is 8.17. The Balaban J connectivity index is 2.36. The van der Waals surface area contributed by atoms with Crippen LogP contribution in [-0.4, -0.2) is 13.2 Å². The van der Waals surface area contributed by atoms with Gasteiger partial charge in [0.05, 0.1) is 12.3 Å². The van der Waals surface area contributed by atoms with Crippen molar-refractivity contribution >= 4 is 11.4 Å². The number of benzene rings is 1. The molecule has 1 saturated heterocycles. The molecule has 82 valence electrons. The first kappa shape index (κ1) is 10.2. The highest BCUT2D eigenvalue weighted by atomic mass is 19.2. The Morgan fingerprint density at radius 1 is 1.27 bits per heavy atom. The van der Waals surface area contributed by atoms with E-state index in [0.717, 1.165) is 18.9 Å². The number of anilines is 2. The maximum absolute atomic E-state index is 13.5. The fourth-order valence-corrected chi connectivity index (χ4v) is 1.58. The molecule has 15 heavy (non-hydrogen) atoms. The monoisotopic (exact) mass is 214 g/mol. The van der Waals surface area contributed by atoms with Gasteiger partial charge in [0, 0.05) is 6.54 Å². The Kier molecular flexibility index (Phi) is 2.73. The molecule has 0 atom stereocenters. The van der Waals surface area contributed by atoms with E-state index in [4.69, 9.17) is 10.6 Å². The largest absolute Gasteiger partial charge is 0.397 e.